The van der Waals surface area contributed by atoms with Crippen LogP contribution in [0.5, 0.6) is 0 Å². The molecule has 0 aliphatic heterocycles. The maximum absolute atomic E-state index is 0. The molecule has 0 rings (SSSR count). The van der Waals surface area contributed by atoms with E-state index in [-0.39, 0.29) is 51.1 Å². The maximum atomic E-state index is 0. The van der Waals surface area contributed by atoms with Gasteiger partial charge in [0, 0.05) is 29.6 Å². The van der Waals surface area contributed by atoms with Crippen molar-refractivity contribution in [2.24, 2.45) is 0 Å². The quantitative estimate of drug-likeness (QED) is 0.302. The van der Waals surface area contributed by atoms with Crippen molar-refractivity contribution in [2.75, 3.05) is 0 Å². The zero-order chi connectivity index (χ0) is 0. The molecule has 0 heterocycles. The van der Waals surface area contributed by atoms with E-state index in [0.29, 0.717) is 0 Å². The van der Waals surface area contributed by atoms with Crippen LogP contribution in [0.4, 0.5) is 0 Å². The van der Waals surface area contributed by atoms with Gasteiger partial charge in [-0.1, -0.05) is 0 Å². The van der Waals surface area contributed by atoms with Crippen LogP contribution in [-0.2, 0) is 0 Å². The summed E-state index contributed by atoms with van der Waals surface area (Å²) in [6.45, 7) is 0. The molecule has 0 aliphatic carbocycles. The second kappa shape index (κ2) is 26.8. The van der Waals surface area contributed by atoms with E-state index in [2.05, 4.69) is 0 Å². The molecule has 0 saturated carbocycles. The van der Waals surface area contributed by atoms with Crippen LogP contribution < -0.4 is 6.15 Å². The predicted molar refractivity (Wildman–Crippen MR) is 25.5 cm³/mol. The third-order valence-corrected chi connectivity index (χ3v) is 0. The van der Waals surface area contributed by atoms with Gasteiger partial charge in [-0.05, 0) is 0 Å². The van der Waals surface area contributed by atoms with E-state index in [1.807, 2.05) is 0 Å². The van der Waals surface area contributed by atoms with E-state index in [1.165, 1.54) is 0 Å². The van der Waals surface area contributed by atoms with E-state index >= 15 is 0 Å². The van der Waals surface area contributed by atoms with Crippen LogP contribution >= 0.6 is 9.90 Å². The van der Waals surface area contributed by atoms with Crippen molar-refractivity contribution in [3.63, 3.8) is 0 Å². The summed E-state index contributed by atoms with van der Waals surface area (Å²) in [6.07, 6.45) is 0. The average molecular weight is 92.0 g/mol. The Morgan fingerprint density at radius 2 is 1.00 bits per heavy atom. The fourth-order valence-corrected chi connectivity index (χ4v) is 0. The minimum Gasteiger partial charge on any atom is -0.412 e. The van der Waals surface area contributed by atoms with Gasteiger partial charge in [0.25, 0.3) is 0 Å². The minimum atomic E-state index is 0. The Balaban J connectivity index is 0. The molecule has 1 radical (unpaired) electrons. The minimum absolute atomic E-state index is 0. The second-order valence-corrected chi connectivity index (χ2v) is 0. The monoisotopic (exact) mass is 92.0 g/mol. The Hall–Kier alpha value is 1.35. The summed E-state index contributed by atoms with van der Waals surface area (Å²) < 4.78 is 0. The number of hydrogen-bond donors (Lipinski definition) is 1. The van der Waals surface area contributed by atoms with Gasteiger partial charge in [-0.3, -0.25) is 0 Å². The van der Waals surface area contributed by atoms with Crippen LogP contribution in [0.1, 0.15) is 0 Å². The smallest absolute Gasteiger partial charge is 0 e. The first-order valence-corrected chi connectivity index (χ1v) is 0. The van der Waals surface area contributed by atoms with Crippen molar-refractivity contribution in [1.82, 2.24) is 6.15 Å². The Morgan fingerprint density at radius 1 is 1.00 bits per heavy atom. The van der Waals surface area contributed by atoms with Gasteiger partial charge in [0.05, 0.1) is 0 Å². The molecule has 0 aliphatic rings. The third kappa shape index (κ3) is 10.2. The van der Waals surface area contributed by atoms with Gasteiger partial charge in [-0.15, -0.1) is 0 Å². The zero-order valence-electron chi connectivity index (χ0n) is 2.91. The summed E-state index contributed by atoms with van der Waals surface area (Å²) in [5.74, 6) is 0. The van der Waals surface area contributed by atoms with Crippen LogP contribution in [0.25, 0.3) is 0 Å². The molecule has 1 unspecified atom stereocenters. The van der Waals surface area contributed by atoms with Gasteiger partial charge in [-0.2, -0.15) is 9.90 Å². The standard InChI is InChI=1S/H3N.Na.H2O.H3P/h1H3;;1H2;1H3. The van der Waals surface area contributed by atoms with Gasteiger partial charge < -0.3 is 11.6 Å². The van der Waals surface area contributed by atoms with Gasteiger partial charge in [0.1, 0.15) is 0 Å². The summed E-state index contributed by atoms with van der Waals surface area (Å²) in [4.78, 5) is 0. The van der Waals surface area contributed by atoms with E-state index in [4.69, 9.17) is 0 Å². The molecule has 0 bridgehead atoms. The molecule has 0 aromatic rings. The van der Waals surface area contributed by atoms with Crippen LogP contribution in [0.3, 0.4) is 0 Å². The van der Waals surface area contributed by atoms with Crippen molar-refractivity contribution < 1.29 is 5.48 Å². The topological polar surface area (TPSA) is 66.5 Å². The van der Waals surface area contributed by atoms with E-state index in [0.717, 1.165) is 0 Å². The van der Waals surface area contributed by atoms with Crippen molar-refractivity contribution in [1.29, 1.82) is 0 Å². The summed E-state index contributed by atoms with van der Waals surface area (Å²) in [6, 6.07) is 0. The Bertz CT molecular complexity index is 8.00. The fraction of sp³-hybridized carbons (Fsp3) is 0. The first-order valence-electron chi connectivity index (χ1n) is 0. The van der Waals surface area contributed by atoms with Crippen molar-refractivity contribution in [2.45, 2.75) is 0 Å². The Kier molecular flexibility index (Phi) is 372. The maximum Gasteiger partial charge on any atom is 0 e. The van der Waals surface area contributed by atoms with Crippen LogP contribution in [-0.4, -0.2) is 35.0 Å². The zero-order valence-corrected chi connectivity index (χ0v) is 6.33. The van der Waals surface area contributed by atoms with Crippen LogP contribution in [0.15, 0.2) is 0 Å². The molecule has 0 aromatic heterocycles. The molecule has 25 valence electrons. The number of rotatable bonds is 0. The fourth-order valence-electron chi connectivity index (χ4n) is 0. The molecule has 0 amide bonds. The third-order valence-electron chi connectivity index (χ3n) is 0. The Morgan fingerprint density at radius 3 is 1.00 bits per heavy atom. The SMILES string of the molecule is N.O.P.[Na]. The molecule has 0 fully saturated rings. The molecule has 0 saturated heterocycles. The largest absolute Gasteiger partial charge is 0.412 e. The molecule has 2 nitrogen and oxygen atoms in total. The molecule has 0 aromatic carbocycles. The van der Waals surface area contributed by atoms with Gasteiger partial charge in [0.15, 0.2) is 0 Å². The summed E-state index contributed by atoms with van der Waals surface area (Å²) >= 11 is 0. The van der Waals surface area contributed by atoms with E-state index in [9.17, 15) is 0 Å². The first kappa shape index (κ1) is 55.5. The van der Waals surface area contributed by atoms with Crippen LogP contribution in [0.2, 0.25) is 0 Å². The molecule has 1 atom stereocenters. The molecule has 4 heteroatoms. The van der Waals surface area contributed by atoms with Crippen molar-refractivity contribution >= 4 is 39.5 Å². The molecule has 4 heavy (non-hydrogen) atoms. The molecule has 5 N–H and O–H groups in total. The van der Waals surface area contributed by atoms with Crippen molar-refractivity contribution in [3.8, 4) is 0 Å². The predicted octanol–water partition coefficient (Wildman–Crippen LogP) is -0.985. The molecule has 0 spiro atoms. The average Bonchev–Trinajstić information content (AvgIpc) is 0. The molecular formula is H8NNaOP. The summed E-state index contributed by atoms with van der Waals surface area (Å²) in [7, 11) is 0. The second-order valence-electron chi connectivity index (χ2n) is 0. The first-order chi connectivity index (χ1) is 0. The van der Waals surface area contributed by atoms with Crippen molar-refractivity contribution in [3.05, 3.63) is 0 Å². The molecular weight excluding hydrogens is 84.0 g/mol. The number of hydrogen-bond acceptors (Lipinski definition) is 1. The van der Waals surface area contributed by atoms with E-state index < -0.39 is 0 Å². The van der Waals surface area contributed by atoms with Gasteiger partial charge in [0.2, 0.25) is 0 Å². The van der Waals surface area contributed by atoms with Gasteiger partial charge >= 0.3 is 0 Å². The summed E-state index contributed by atoms with van der Waals surface area (Å²) in [5.41, 5.74) is 0. The van der Waals surface area contributed by atoms with Crippen LogP contribution in [0, 0.1) is 0 Å². The van der Waals surface area contributed by atoms with Gasteiger partial charge in [-0.25, -0.2) is 0 Å². The van der Waals surface area contributed by atoms with E-state index in [1.54, 1.807) is 0 Å². The Labute approximate surface area is 51.1 Å². The normalized spacial score (nSPS) is 0. The summed E-state index contributed by atoms with van der Waals surface area (Å²) in [5, 5.41) is 0.